The molecular weight excluding hydrogens is 246 g/mol. The third-order valence-electron chi connectivity index (χ3n) is 3.25. The Morgan fingerprint density at radius 1 is 1.30 bits per heavy atom. The van der Waals surface area contributed by atoms with Crippen LogP contribution in [0.4, 0.5) is 5.69 Å². The predicted octanol–water partition coefficient (Wildman–Crippen LogP) is 4.06. The first-order valence-corrected chi connectivity index (χ1v) is 7.01. The number of nitrogens with one attached hydrogen (secondary N) is 1. The summed E-state index contributed by atoms with van der Waals surface area (Å²) < 4.78 is 0. The lowest BCUT2D eigenvalue weighted by molar-refractivity contribution is 0.272. The Bertz CT molecular complexity index is 579. The second-order valence-corrected chi connectivity index (χ2v) is 4.71. The lowest BCUT2D eigenvalue weighted by Gasteiger charge is -2.13. The maximum atomic E-state index is 9.55. The third kappa shape index (κ3) is 3.49. The van der Waals surface area contributed by atoms with Gasteiger partial charge < -0.3 is 10.4 Å². The molecule has 0 heterocycles. The molecule has 0 fully saturated rings. The number of rotatable bonds is 4. The van der Waals surface area contributed by atoms with E-state index >= 15 is 0 Å². The SMILES string of the molecule is C/C=C\c1c(CC)cccc1NC1=CC=CC(O)C=C1. The molecule has 2 heteroatoms. The Morgan fingerprint density at radius 2 is 2.15 bits per heavy atom. The van der Waals surface area contributed by atoms with Crippen LogP contribution in [0.25, 0.3) is 6.08 Å². The number of hydrogen-bond acceptors (Lipinski definition) is 2. The molecule has 0 spiro atoms. The molecule has 2 nitrogen and oxygen atoms in total. The molecule has 1 unspecified atom stereocenters. The highest BCUT2D eigenvalue weighted by molar-refractivity contribution is 5.71. The molecule has 0 radical (unpaired) electrons. The molecule has 20 heavy (non-hydrogen) atoms. The highest BCUT2D eigenvalue weighted by Gasteiger charge is 2.06. The van der Waals surface area contributed by atoms with Crippen molar-refractivity contribution in [3.8, 4) is 0 Å². The van der Waals surface area contributed by atoms with E-state index in [1.54, 1.807) is 12.2 Å². The van der Waals surface area contributed by atoms with E-state index in [0.717, 1.165) is 17.8 Å². The van der Waals surface area contributed by atoms with Crippen LogP contribution in [0.5, 0.6) is 0 Å². The highest BCUT2D eigenvalue weighted by atomic mass is 16.3. The van der Waals surface area contributed by atoms with Crippen molar-refractivity contribution in [2.75, 3.05) is 5.32 Å². The summed E-state index contributed by atoms with van der Waals surface area (Å²) in [6.45, 7) is 4.19. The molecule has 1 atom stereocenters. The maximum absolute atomic E-state index is 9.55. The van der Waals surface area contributed by atoms with Crippen LogP contribution in [0.15, 0.2) is 60.4 Å². The number of aryl methyl sites for hydroxylation is 1. The van der Waals surface area contributed by atoms with Crippen LogP contribution in [0.2, 0.25) is 0 Å². The van der Waals surface area contributed by atoms with Gasteiger partial charge in [-0.1, -0.05) is 49.4 Å². The summed E-state index contributed by atoms with van der Waals surface area (Å²) in [5, 5.41) is 13.0. The minimum Gasteiger partial charge on any atom is -0.385 e. The van der Waals surface area contributed by atoms with Gasteiger partial charge in [-0.2, -0.15) is 0 Å². The van der Waals surface area contributed by atoms with Crippen molar-refractivity contribution in [2.24, 2.45) is 0 Å². The van der Waals surface area contributed by atoms with Gasteiger partial charge in [0.15, 0.2) is 0 Å². The lowest BCUT2D eigenvalue weighted by Crippen LogP contribution is -2.01. The van der Waals surface area contributed by atoms with Gasteiger partial charge in [-0.05, 0) is 37.1 Å². The van der Waals surface area contributed by atoms with E-state index in [-0.39, 0.29) is 0 Å². The first-order valence-electron chi connectivity index (χ1n) is 7.01. The van der Waals surface area contributed by atoms with Gasteiger partial charge in [0.25, 0.3) is 0 Å². The van der Waals surface area contributed by atoms with Crippen molar-refractivity contribution < 1.29 is 5.11 Å². The average molecular weight is 267 g/mol. The van der Waals surface area contributed by atoms with Gasteiger partial charge in [0.05, 0.1) is 6.10 Å². The largest absolute Gasteiger partial charge is 0.385 e. The summed E-state index contributed by atoms with van der Waals surface area (Å²) in [7, 11) is 0. The minimum atomic E-state index is -0.512. The van der Waals surface area contributed by atoms with Crippen molar-refractivity contribution in [1.29, 1.82) is 0 Å². The van der Waals surface area contributed by atoms with E-state index in [9.17, 15) is 5.11 Å². The number of allylic oxidation sites excluding steroid dienone is 4. The fourth-order valence-corrected chi connectivity index (χ4v) is 2.23. The van der Waals surface area contributed by atoms with Crippen LogP contribution in [0.1, 0.15) is 25.0 Å². The lowest BCUT2D eigenvalue weighted by atomic mass is 10.0. The normalized spacial score (nSPS) is 18.1. The topological polar surface area (TPSA) is 32.3 Å². The third-order valence-corrected chi connectivity index (χ3v) is 3.25. The van der Waals surface area contributed by atoms with Crippen LogP contribution >= 0.6 is 0 Å². The van der Waals surface area contributed by atoms with Crippen molar-refractivity contribution in [1.82, 2.24) is 0 Å². The minimum absolute atomic E-state index is 0.512. The second-order valence-electron chi connectivity index (χ2n) is 4.71. The van der Waals surface area contributed by atoms with E-state index < -0.39 is 6.10 Å². The fourth-order valence-electron chi connectivity index (χ4n) is 2.23. The summed E-state index contributed by atoms with van der Waals surface area (Å²) in [5.41, 5.74) is 4.60. The van der Waals surface area contributed by atoms with E-state index in [4.69, 9.17) is 0 Å². The molecule has 2 N–H and O–H groups in total. The summed E-state index contributed by atoms with van der Waals surface area (Å²) in [4.78, 5) is 0. The Morgan fingerprint density at radius 3 is 2.90 bits per heavy atom. The van der Waals surface area contributed by atoms with E-state index in [2.05, 4.69) is 42.6 Å². The van der Waals surface area contributed by atoms with Gasteiger partial charge >= 0.3 is 0 Å². The van der Waals surface area contributed by atoms with Gasteiger partial charge in [0.2, 0.25) is 0 Å². The number of aliphatic hydroxyl groups excluding tert-OH is 1. The molecule has 1 aromatic rings. The summed E-state index contributed by atoms with van der Waals surface area (Å²) >= 11 is 0. The molecule has 0 saturated heterocycles. The van der Waals surface area contributed by atoms with Crippen LogP contribution < -0.4 is 5.32 Å². The molecule has 1 aliphatic carbocycles. The molecule has 0 aromatic heterocycles. The molecule has 104 valence electrons. The highest BCUT2D eigenvalue weighted by Crippen LogP contribution is 2.24. The molecule has 2 rings (SSSR count). The van der Waals surface area contributed by atoms with Crippen LogP contribution in [-0.2, 0) is 6.42 Å². The molecule has 0 saturated carbocycles. The molecule has 0 amide bonds. The number of anilines is 1. The van der Waals surface area contributed by atoms with Crippen LogP contribution in [0.3, 0.4) is 0 Å². The zero-order chi connectivity index (χ0) is 14.4. The van der Waals surface area contributed by atoms with Crippen LogP contribution in [0, 0.1) is 0 Å². The van der Waals surface area contributed by atoms with E-state index in [0.29, 0.717) is 0 Å². The van der Waals surface area contributed by atoms with Gasteiger partial charge in [-0.3, -0.25) is 0 Å². The quantitative estimate of drug-likeness (QED) is 0.862. The fraction of sp³-hybridized carbons (Fsp3) is 0.222. The molecule has 0 bridgehead atoms. The number of hydrogen-bond donors (Lipinski definition) is 2. The maximum Gasteiger partial charge on any atom is 0.0909 e. The summed E-state index contributed by atoms with van der Waals surface area (Å²) in [5.74, 6) is 0. The average Bonchev–Trinajstić information content (AvgIpc) is 2.66. The Hall–Kier alpha value is -2.06. The van der Waals surface area contributed by atoms with Crippen LogP contribution in [-0.4, -0.2) is 11.2 Å². The van der Waals surface area contributed by atoms with Gasteiger partial charge in [0.1, 0.15) is 0 Å². The zero-order valence-corrected chi connectivity index (χ0v) is 12.0. The zero-order valence-electron chi connectivity index (χ0n) is 12.0. The molecule has 1 aliphatic rings. The monoisotopic (exact) mass is 267 g/mol. The summed E-state index contributed by atoms with van der Waals surface area (Å²) in [6, 6.07) is 6.30. The number of aliphatic hydroxyl groups is 1. The first kappa shape index (κ1) is 14.4. The van der Waals surface area contributed by atoms with Gasteiger partial charge in [-0.25, -0.2) is 0 Å². The summed E-state index contributed by atoms with van der Waals surface area (Å²) in [6.07, 6.45) is 13.9. The van der Waals surface area contributed by atoms with Gasteiger partial charge in [-0.15, -0.1) is 0 Å². The van der Waals surface area contributed by atoms with Crippen molar-refractivity contribution in [3.63, 3.8) is 0 Å². The Labute approximate surface area is 120 Å². The smallest absolute Gasteiger partial charge is 0.0909 e. The Balaban J connectivity index is 2.32. The molecule has 0 aliphatic heterocycles. The van der Waals surface area contributed by atoms with Crippen molar-refractivity contribution >= 4 is 11.8 Å². The van der Waals surface area contributed by atoms with Crippen molar-refractivity contribution in [2.45, 2.75) is 26.4 Å². The van der Waals surface area contributed by atoms with Gasteiger partial charge in [0, 0.05) is 16.9 Å². The molecular formula is C18H21NO. The van der Waals surface area contributed by atoms with E-state index in [1.165, 1.54) is 11.1 Å². The van der Waals surface area contributed by atoms with E-state index in [1.807, 2.05) is 25.2 Å². The first-order chi connectivity index (χ1) is 9.74. The second kappa shape index (κ2) is 6.92. The van der Waals surface area contributed by atoms with Crippen molar-refractivity contribution in [3.05, 3.63) is 71.5 Å². The Kier molecular flexibility index (Phi) is 4.97. The number of benzene rings is 1. The molecule has 1 aromatic carbocycles. The standard InChI is InChI=1S/C18H21NO/c1-3-7-17-14(4-2)8-5-11-18(17)19-15-9-6-10-16(20)13-12-15/h3,5-13,16,19-20H,4H2,1-2H3/b7-3-. The predicted molar refractivity (Wildman–Crippen MR) is 86.5 cm³/mol.